The molecule has 0 aliphatic heterocycles. The van der Waals surface area contributed by atoms with Crippen LogP contribution in [0.15, 0.2) is 18.2 Å². The molecule has 2 nitrogen and oxygen atoms in total. The van der Waals surface area contributed by atoms with Crippen molar-refractivity contribution >= 4 is 17.9 Å². The fourth-order valence-corrected chi connectivity index (χ4v) is 1.29. The molecule has 0 fully saturated rings. The van der Waals surface area contributed by atoms with Gasteiger partial charge in [-0.05, 0) is 11.6 Å². The highest BCUT2D eigenvalue weighted by Crippen LogP contribution is 2.25. The lowest BCUT2D eigenvalue weighted by Gasteiger charge is -2.08. The van der Waals surface area contributed by atoms with Crippen molar-refractivity contribution in [1.29, 1.82) is 0 Å². The largest absolute Gasteiger partial charge is 0.508 e. The second-order valence-corrected chi connectivity index (χ2v) is 3.22. The highest BCUT2D eigenvalue weighted by atomic mass is 35.5. The van der Waals surface area contributed by atoms with Crippen molar-refractivity contribution in [2.24, 2.45) is 0 Å². The third kappa shape index (κ3) is 2.22. The third-order valence-electron chi connectivity index (χ3n) is 1.94. The molecule has 13 heavy (non-hydrogen) atoms. The summed E-state index contributed by atoms with van der Waals surface area (Å²) < 4.78 is 0. The summed E-state index contributed by atoms with van der Waals surface area (Å²) in [7, 11) is 0. The zero-order valence-electron chi connectivity index (χ0n) is 7.33. The van der Waals surface area contributed by atoms with Crippen LogP contribution in [-0.4, -0.2) is 11.4 Å². The smallest absolute Gasteiger partial charge is 0.127 e. The number of rotatable bonds is 3. The van der Waals surface area contributed by atoms with Gasteiger partial charge in [0.05, 0.1) is 0 Å². The Morgan fingerprint density at radius 1 is 1.62 bits per heavy atom. The molecular formula is C10H11ClO2. The summed E-state index contributed by atoms with van der Waals surface area (Å²) in [4.78, 5) is 10.5. The summed E-state index contributed by atoms with van der Waals surface area (Å²) >= 11 is 5.63. The van der Waals surface area contributed by atoms with Gasteiger partial charge in [0, 0.05) is 17.4 Å². The van der Waals surface area contributed by atoms with Crippen LogP contribution >= 0.6 is 11.6 Å². The van der Waals surface area contributed by atoms with E-state index in [-0.39, 0.29) is 11.7 Å². The van der Waals surface area contributed by atoms with Crippen molar-refractivity contribution in [2.45, 2.75) is 18.7 Å². The standard InChI is InChI=1S/C10H11ClO2/c1-7(6-12)9-4-8(5-11)2-3-10(9)13/h2-4,6-7,13H,5H2,1H3. The van der Waals surface area contributed by atoms with E-state index in [2.05, 4.69) is 0 Å². The molecule has 1 atom stereocenters. The van der Waals surface area contributed by atoms with E-state index < -0.39 is 0 Å². The van der Waals surface area contributed by atoms with Crippen LogP contribution in [0.4, 0.5) is 0 Å². The van der Waals surface area contributed by atoms with Crippen molar-refractivity contribution < 1.29 is 9.90 Å². The molecule has 0 heterocycles. The van der Waals surface area contributed by atoms with Crippen molar-refractivity contribution in [3.8, 4) is 5.75 Å². The van der Waals surface area contributed by atoms with Gasteiger partial charge in [-0.3, -0.25) is 0 Å². The number of alkyl halides is 1. The summed E-state index contributed by atoms with van der Waals surface area (Å²) in [6.45, 7) is 1.74. The first-order chi connectivity index (χ1) is 6.19. The van der Waals surface area contributed by atoms with Gasteiger partial charge in [0.15, 0.2) is 0 Å². The Kier molecular flexibility index (Phi) is 3.32. The minimum absolute atomic E-state index is 0.147. The molecule has 0 aromatic heterocycles. The van der Waals surface area contributed by atoms with Crippen LogP contribution < -0.4 is 0 Å². The van der Waals surface area contributed by atoms with Crippen LogP contribution in [0.1, 0.15) is 24.0 Å². The number of hydrogen-bond donors (Lipinski definition) is 1. The number of carbonyl (C=O) groups is 1. The lowest BCUT2D eigenvalue weighted by atomic mass is 10.00. The van der Waals surface area contributed by atoms with E-state index in [9.17, 15) is 9.90 Å². The highest BCUT2D eigenvalue weighted by Gasteiger charge is 2.09. The molecule has 0 aliphatic rings. The van der Waals surface area contributed by atoms with Gasteiger partial charge in [0.1, 0.15) is 12.0 Å². The summed E-state index contributed by atoms with van der Waals surface area (Å²) in [5, 5.41) is 9.43. The van der Waals surface area contributed by atoms with Crippen LogP contribution in [0.25, 0.3) is 0 Å². The molecular weight excluding hydrogens is 188 g/mol. The first kappa shape index (κ1) is 10.1. The molecule has 0 radical (unpaired) electrons. The van der Waals surface area contributed by atoms with Gasteiger partial charge < -0.3 is 9.90 Å². The minimum atomic E-state index is -0.289. The number of hydrogen-bond acceptors (Lipinski definition) is 2. The zero-order valence-corrected chi connectivity index (χ0v) is 8.08. The topological polar surface area (TPSA) is 37.3 Å². The maximum absolute atomic E-state index is 10.5. The van der Waals surface area contributed by atoms with E-state index >= 15 is 0 Å². The lowest BCUT2D eigenvalue weighted by Crippen LogP contribution is -1.95. The molecule has 1 aromatic rings. The van der Waals surface area contributed by atoms with Crippen LogP contribution in [0.3, 0.4) is 0 Å². The summed E-state index contributed by atoms with van der Waals surface area (Å²) in [6, 6.07) is 5.05. The minimum Gasteiger partial charge on any atom is -0.508 e. The van der Waals surface area contributed by atoms with E-state index in [1.807, 2.05) is 0 Å². The first-order valence-electron chi connectivity index (χ1n) is 4.02. The number of aldehydes is 1. The molecule has 1 rings (SSSR count). The van der Waals surface area contributed by atoms with E-state index in [1.165, 1.54) is 0 Å². The molecule has 3 heteroatoms. The number of halogens is 1. The fraction of sp³-hybridized carbons (Fsp3) is 0.300. The second-order valence-electron chi connectivity index (χ2n) is 2.95. The quantitative estimate of drug-likeness (QED) is 0.598. The van der Waals surface area contributed by atoms with Crippen molar-refractivity contribution in [3.05, 3.63) is 29.3 Å². The maximum Gasteiger partial charge on any atom is 0.127 e. The Hall–Kier alpha value is -1.02. The van der Waals surface area contributed by atoms with Crippen LogP contribution in [0.2, 0.25) is 0 Å². The predicted molar refractivity (Wildman–Crippen MR) is 52.1 cm³/mol. The van der Waals surface area contributed by atoms with Gasteiger partial charge in [0.25, 0.3) is 0 Å². The van der Waals surface area contributed by atoms with Gasteiger partial charge in [-0.15, -0.1) is 11.6 Å². The number of aromatic hydroxyl groups is 1. The summed E-state index contributed by atoms with van der Waals surface area (Å²) in [5.41, 5.74) is 1.54. The monoisotopic (exact) mass is 198 g/mol. The molecule has 1 aromatic carbocycles. The Morgan fingerprint density at radius 2 is 2.31 bits per heavy atom. The van der Waals surface area contributed by atoms with Gasteiger partial charge in [-0.1, -0.05) is 19.1 Å². The van der Waals surface area contributed by atoms with Crippen LogP contribution in [-0.2, 0) is 10.7 Å². The molecule has 1 unspecified atom stereocenters. The van der Waals surface area contributed by atoms with E-state index in [4.69, 9.17) is 11.6 Å². The fourth-order valence-electron chi connectivity index (χ4n) is 1.13. The summed E-state index contributed by atoms with van der Waals surface area (Å²) in [5.74, 6) is 0.246. The second kappa shape index (κ2) is 4.28. The molecule has 0 bridgehead atoms. The average molecular weight is 199 g/mol. The van der Waals surface area contributed by atoms with Crippen molar-refractivity contribution in [2.75, 3.05) is 0 Å². The molecule has 0 saturated carbocycles. The number of phenolic OH excluding ortho intramolecular Hbond substituents is 1. The van der Waals surface area contributed by atoms with E-state index in [1.54, 1.807) is 25.1 Å². The molecule has 70 valence electrons. The van der Waals surface area contributed by atoms with Crippen molar-refractivity contribution in [3.63, 3.8) is 0 Å². The molecule has 0 amide bonds. The Balaban J connectivity index is 3.10. The van der Waals surface area contributed by atoms with Crippen LogP contribution in [0, 0.1) is 0 Å². The Labute approximate surface area is 82.2 Å². The van der Waals surface area contributed by atoms with Gasteiger partial charge in [-0.25, -0.2) is 0 Å². The van der Waals surface area contributed by atoms with E-state index in [0.29, 0.717) is 11.4 Å². The number of carbonyl (C=O) groups excluding carboxylic acids is 1. The molecule has 0 spiro atoms. The highest BCUT2D eigenvalue weighted by molar-refractivity contribution is 6.17. The Morgan fingerprint density at radius 3 is 2.85 bits per heavy atom. The average Bonchev–Trinajstić information content (AvgIpc) is 2.17. The number of benzene rings is 1. The van der Waals surface area contributed by atoms with Gasteiger partial charge in [0.2, 0.25) is 0 Å². The zero-order chi connectivity index (χ0) is 9.84. The Bertz CT molecular complexity index is 310. The SMILES string of the molecule is CC(C=O)c1cc(CCl)ccc1O. The lowest BCUT2D eigenvalue weighted by molar-refractivity contribution is -0.108. The molecule has 0 aliphatic carbocycles. The number of phenols is 1. The van der Waals surface area contributed by atoms with Crippen LogP contribution in [0.5, 0.6) is 5.75 Å². The summed E-state index contributed by atoms with van der Waals surface area (Å²) in [6.07, 6.45) is 0.799. The predicted octanol–water partition coefficient (Wildman–Crippen LogP) is 2.43. The first-order valence-corrected chi connectivity index (χ1v) is 4.55. The molecule has 0 saturated heterocycles. The normalized spacial score (nSPS) is 12.5. The van der Waals surface area contributed by atoms with Gasteiger partial charge >= 0.3 is 0 Å². The van der Waals surface area contributed by atoms with Gasteiger partial charge in [-0.2, -0.15) is 0 Å². The van der Waals surface area contributed by atoms with Crippen molar-refractivity contribution in [1.82, 2.24) is 0 Å². The molecule has 1 N–H and O–H groups in total. The third-order valence-corrected chi connectivity index (χ3v) is 2.25. The van der Waals surface area contributed by atoms with E-state index in [0.717, 1.165) is 11.8 Å². The maximum atomic E-state index is 10.5.